The summed E-state index contributed by atoms with van der Waals surface area (Å²) in [5.74, 6) is 0.736. The molecular weight excluding hydrogens is 436 g/mol. The highest BCUT2D eigenvalue weighted by atomic mass is 16.5. The van der Waals surface area contributed by atoms with E-state index < -0.39 is 6.03 Å². The van der Waals surface area contributed by atoms with E-state index in [1.807, 2.05) is 35.2 Å². The Morgan fingerprint density at radius 2 is 1.91 bits per heavy atom. The van der Waals surface area contributed by atoms with E-state index in [9.17, 15) is 15.0 Å². The Hall–Kier alpha value is -3.89. The molecule has 1 aliphatic heterocycles. The smallest absolute Gasteiger partial charge is 0.363 e. The maximum atomic E-state index is 11.6. The zero-order chi connectivity index (χ0) is 24.1. The van der Waals surface area contributed by atoms with E-state index in [4.69, 9.17) is 10.3 Å². The minimum atomic E-state index is -0.813. The highest BCUT2D eigenvalue weighted by molar-refractivity contribution is 6.16. The van der Waals surface area contributed by atoms with Gasteiger partial charge in [-0.2, -0.15) is 5.53 Å². The fourth-order valence-electron chi connectivity index (χ4n) is 4.06. The van der Waals surface area contributed by atoms with Gasteiger partial charge in [-0.15, -0.1) is 0 Å². The minimum Gasteiger partial charge on any atom is -0.506 e. The van der Waals surface area contributed by atoms with Crippen LogP contribution < -0.4 is 10.1 Å². The third kappa shape index (κ3) is 4.59. The van der Waals surface area contributed by atoms with Crippen LogP contribution in [0.15, 0.2) is 47.6 Å². The Morgan fingerprint density at radius 3 is 2.62 bits per heavy atom. The summed E-state index contributed by atoms with van der Waals surface area (Å²) in [5, 5.41) is 33.3. The van der Waals surface area contributed by atoms with E-state index in [0.717, 1.165) is 30.3 Å². The van der Waals surface area contributed by atoms with Gasteiger partial charge in [0, 0.05) is 24.0 Å². The van der Waals surface area contributed by atoms with Gasteiger partial charge < -0.3 is 20.3 Å². The van der Waals surface area contributed by atoms with Gasteiger partial charge in [0.15, 0.2) is 0 Å². The number of hydrogen-bond acceptors (Lipinski definition) is 6. The Balaban J connectivity index is 1.54. The highest BCUT2D eigenvalue weighted by Gasteiger charge is 2.26. The summed E-state index contributed by atoms with van der Waals surface area (Å²) in [5.41, 5.74) is 10.1. The molecule has 1 heterocycles. The lowest BCUT2D eigenvalue weighted by molar-refractivity contribution is 0.0906. The standard InChI is InChI=1S/C24H28N6O4/c1-2-3-11-30(14-31)12-13-34-16-9-7-15(8-10-16)21-20-22(29-28-21)17-5-4-6-18(19(17)23(20)32)26-24(33)27-25/h4-10,25,28-29,31-32H,2-3,11-14H2,1H3,(H,26,33). The predicted octanol–water partition coefficient (Wildman–Crippen LogP) is 4.97. The van der Waals surface area contributed by atoms with Crippen LogP contribution in [0.2, 0.25) is 0 Å². The number of nitrogens with zero attached hydrogens (tertiary/aromatic N) is 2. The molecule has 2 amide bonds. The van der Waals surface area contributed by atoms with E-state index in [0.29, 0.717) is 46.9 Å². The van der Waals surface area contributed by atoms with Gasteiger partial charge in [-0.3, -0.25) is 15.1 Å². The van der Waals surface area contributed by atoms with Crippen molar-refractivity contribution < 1.29 is 19.7 Å². The molecule has 34 heavy (non-hydrogen) atoms. The first kappa shape index (κ1) is 23.3. The number of nitrogens with one attached hydrogen (secondary N) is 4. The molecule has 6 N–H and O–H groups in total. The van der Waals surface area contributed by atoms with Gasteiger partial charge in [-0.1, -0.05) is 30.6 Å². The molecule has 0 bridgehead atoms. The van der Waals surface area contributed by atoms with Gasteiger partial charge in [0.1, 0.15) is 18.1 Å². The monoisotopic (exact) mass is 464 g/mol. The van der Waals surface area contributed by atoms with E-state index in [2.05, 4.69) is 27.6 Å². The number of aliphatic hydroxyl groups is 1. The molecule has 0 atom stereocenters. The lowest BCUT2D eigenvalue weighted by Crippen LogP contribution is -2.30. The average molecular weight is 465 g/mol. The maximum absolute atomic E-state index is 11.6. The normalized spacial score (nSPS) is 11.4. The van der Waals surface area contributed by atoms with Crippen molar-refractivity contribution in [2.75, 3.05) is 31.7 Å². The average Bonchev–Trinajstić information content (AvgIpc) is 3.42. The number of carbonyl (C=O) groups is 1. The van der Waals surface area contributed by atoms with E-state index >= 15 is 0 Å². The number of carbonyl (C=O) groups excluding carboxylic acids is 1. The van der Waals surface area contributed by atoms with Crippen molar-refractivity contribution >= 4 is 22.5 Å². The first-order chi connectivity index (χ1) is 16.6. The van der Waals surface area contributed by atoms with Crippen molar-refractivity contribution in [3.05, 3.63) is 42.5 Å². The van der Waals surface area contributed by atoms with Gasteiger partial charge in [-0.05, 0) is 36.8 Å². The zero-order valence-electron chi connectivity index (χ0n) is 18.9. The molecule has 0 saturated carbocycles. The lowest BCUT2D eigenvalue weighted by Gasteiger charge is -2.19. The van der Waals surface area contributed by atoms with Crippen LogP contribution >= 0.6 is 0 Å². The zero-order valence-corrected chi connectivity index (χ0v) is 18.9. The molecule has 178 valence electrons. The molecule has 0 fully saturated rings. The SMILES string of the molecule is CCCCN(CO)CCOc1ccc(-c2[nH][nH]c3c4cccc(NC(=O)N=N)c4c(O)c2-3)cc1. The van der Waals surface area contributed by atoms with Crippen LogP contribution in [-0.4, -0.2) is 57.8 Å². The number of anilines is 1. The van der Waals surface area contributed by atoms with Gasteiger partial charge in [-0.25, -0.2) is 4.79 Å². The number of aromatic nitrogens is 2. The summed E-state index contributed by atoms with van der Waals surface area (Å²) >= 11 is 0. The van der Waals surface area contributed by atoms with Crippen molar-refractivity contribution in [3.63, 3.8) is 0 Å². The number of urea groups is 1. The second kappa shape index (κ2) is 10.4. The number of H-pyrrole nitrogens is 2. The van der Waals surface area contributed by atoms with Crippen LogP contribution in [0.5, 0.6) is 11.5 Å². The van der Waals surface area contributed by atoms with Gasteiger partial charge in [0.25, 0.3) is 0 Å². The molecular formula is C24H28N6O4. The molecule has 0 unspecified atom stereocenters. The van der Waals surface area contributed by atoms with Crippen LogP contribution in [0, 0.1) is 5.53 Å². The van der Waals surface area contributed by atoms with Crippen LogP contribution in [0.1, 0.15) is 19.8 Å². The van der Waals surface area contributed by atoms with Crippen molar-refractivity contribution in [3.8, 4) is 34.0 Å². The van der Waals surface area contributed by atoms with Crippen LogP contribution in [-0.2, 0) is 0 Å². The van der Waals surface area contributed by atoms with Gasteiger partial charge in [0.2, 0.25) is 0 Å². The predicted molar refractivity (Wildman–Crippen MR) is 130 cm³/mol. The van der Waals surface area contributed by atoms with E-state index in [1.165, 1.54) is 0 Å². The highest BCUT2D eigenvalue weighted by Crippen LogP contribution is 2.49. The fraction of sp³-hybridized carbons (Fsp3) is 0.292. The fourth-order valence-corrected chi connectivity index (χ4v) is 4.06. The Kier molecular flexibility index (Phi) is 7.09. The largest absolute Gasteiger partial charge is 0.506 e. The molecule has 4 rings (SSSR count). The third-order valence-corrected chi connectivity index (χ3v) is 5.81. The number of ether oxygens (including phenoxy) is 1. The number of benzene rings is 2. The number of fused-ring (bicyclic) bond motifs is 3. The van der Waals surface area contributed by atoms with Crippen LogP contribution in [0.3, 0.4) is 0 Å². The summed E-state index contributed by atoms with van der Waals surface area (Å²) in [4.78, 5) is 13.5. The molecule has 0 saturated heterocycles. The molecule has 2 aromatic rings. The molecule has 2 aromatic carbocycles. The van der Waals surface area contributed by atoms with Crippen molar-refractivity contribution in [2.45, 2.75) is 19.8 Å². The molecule has 10 nitrogen and oxygen atoms in total. The maximum Gasteiger partial charge on any atom is 0.363 e. The van der Waals surface area contributed by atoms with Gasteiger partial charge >= 0.3 is 6.03 Å². The summed E-state index contributed by atoms with van der Waals surface area (Å²) in [6, 6.07) is 11.9. The molecule has 1 aliphatic carbocycles. The number of unbranched alkanes of at least 4 members (excludes halogenated alkanes) is 1. The van der Waals surface area contributed by atoms with E-state index in [-0.39, 0.29) is 12.5 Å². The molecule has 0 spiro atoms. The first-order valence-electron chi connectivity index (χ1n) is 11.2. The van der Waals surface area contributed by atoms with Crippen molar-refractivity contribution in [2.24, 2.45) is 5.11 Å². The topological polar surface area (TPSA) is 150 Å². The number of aromatic amines is 2. The summed E-state index contributed by atoms with van der Waals surface area (Å²) in [6.07, 6.45) is 2.11. The number of aliphatic hydroxyl groups excluding tert-OH is 1. The first-order valence-corrected chi connectivity index (χ1v) is 11.2. The molecule has 10 heteroatoms. The molecule has 0 aromatic heterocycles. The minimum absolute atomic E-state index is 0.0163. The van der Waals surface area contributed by atoms with Gasteiger partial charge in [0.05, 0.1) is 34.8 Å². The number of amides is 2. The Bertz CT molecular complexity index is 1250. The van der Waals surface area contributed by atoms with Crippen molar-refractivity contribution in [1.29, 1.82) is 5.53 Å². The molecule has 2 aliphatic rings. The number of rotatable bonds is 10. The van der Waals surface area contributed by atoms with Crippen LogP contribution in [0.4, 0.5) is 10.5 Å². The van der Waals surface area contributed by atoms with E-state index in [1.54, 1.807) is 12.1 Å². The van der Waals surface area contributed by atoms with Crippen LogP contribution in [0.25, 0.3) is 33.3 Å². The number of aromatic hydroxyl groups is 1. The Morgan fingerprint density at radius 1 is 1.15 bits per heavy atom. The molecule has 0 radical (unpaired) electrons. The second-order valence-corrected chi connectivity index (χ2v) is 7.98. The second-order valence-electron chi connectivity index (χ2n) is 7.98. The summed E-state index contributed by atoms with van der Waals surface area (Å²) < 4.78 is 5.83. The quantitative estimate of drug-likeness (QED) is 0.145. The van der Waals surface area contributed by atoms with Crippen molar-refractivity contribution in [1.82, 2.24) is 15.1 Å². The Labute approximate surface area is 196 Å². The summed E-state index contributed by atoms with van der Waals surface area (Å²) in [6.45, 7) is 4.09. The lowest BCUT2D eigenvalue weighted by atomic mass is 10.1. The summed E-state index contributed by atoms with van der Waals surface area (Å²) in [7, 11) is 0. The third-order valence-electron chi connectivity index (χ3n) is 5.81. The number of hydrogen-bond donors (Lipinski definition) is 6.